The van der Waals surface area contributed by atoms with Gasteiger partial charge in [0.05, 0.1) is 12.2 Å². The fourth-order valence-electron chi connectivity index (χ4n) is 1.65. The van der Waals surface area contributed by atoms with Crippen LogP contribution < -0.4 is 5.32 Å². The van der Waals surface area contributed by atoms with Crippen molar-refractivity contribution in [1.29, 1.82) is 0 Å². The topological polar surface area (TPSA) is 38.3 Å². The quantitative estimate of drug-likeness (QED) is 0.701. The second kappa shape index (κ2) is 4.19. The van der Waals surface area contributed by atoms with Gasteiger partial charge in [0.2, 0.25) is 0 Å². The molecule has 2 aliphatic rings. The number of fused-ring (bicyclic) bond motifs is 1. The van der Waals surface area contributed by atoms with Gasteiger partial charge in [0.1, 0.15) is 0 Å². The molecule has 0 amide bonds. The SMILES string of the molecule is CCOC(=O)C1=C2SCNC2CC=C1. The number of carbonyl (C=O) groups excluding carboxylic acids is 1. The Bertz CT molecular complexity index is 309. The first-order valence-electron chi connectivity index (χ1n) is 4.77. The number of ether oxygens (including phenoxy) is 1. The maximum atomic E-state index is 11.6. The Kier molecular flexibility index (Phi) is 2.93. The molecule has 0 aromatic rings. The standard InChI is InChI=1S/C10H13NO2S/c1-2-13-10(12)7-4-3-5-8-9(7)14-6-11-8/h3-4,8,11H,2,5-6H2,1H3. The van der Waals surface area contributed by atoms with Crippen LogP contribution in [-0.4, -0.2) is 24.5 Å². The van der Waals surface area contributed by atoms with Crippen LogP contribution in [0.15, 0.2) is 22.6 Å². The van der Waals surface area contributed by atoms with E-state index in [2.05, 4.69) is 5.32 Å². The van der Waals surface area contributed by atoms with Crippen molar-refractivity contribution in [2.75, 3.05) is 12.5 Å². The van der Waals surface area contributed by atoms with Gasteiger partial charge in [-0.15, -0.1) is 11.8 Å². The maximum absolute atomic E-state index is 11.6. The lowest BCUT2D eigenvalue weighted by Gasteiger charge is -2.16. The third-order valence-electron chi connectivity index (χ3n) is 2.29. The summed E-state index contributed by atoms with van der Waals surface area (Å²) >= 11 is 1.71. The summed E-state index contributed by atoms with van der Waals surface area (Å²) < 4.78 is 5.00. The highest BCUT2D eigenvalue weighted by atomic mass is 32.2. The van der Waals surface area contributed by atoms with Gasteiger partial charge in [-0.3, -0.25) is 5.32 Å². The van der Waals surface area contributed by atoms with E-state index in [-0.39, 0.29) is 5.97 Å². The summed E-state index contributed by atoms with van der Waals surface area (Å²) in [6.07, 6.45) is 4.88. The van der Waals surface area contributed by atoms with Crippen LogP contribution in [0, 0.1) is 0 Å². The van der Waals surface area contributed by atoms with Gasteiger partial charge in [0.15, 0.2) is 0 Å². The van der Waals surface area contributed by atoms with Crippen LogP contribution in [-0.2, 0) is 9.53 Å². The molecule has 1 fully saturated rings. The van der Waals surface area contributed by atoms with Crippen LogP contribution in [0.1, 0.15) is 13.3 Å². The smallest absolute Gasteiger partial charge is 0.338 e. The molecule has 76 valence electrons. The van der Waals surface area contributed by atoms with Gasteiger partial charge in [-0.05, 0) is 13.3 Å². The van der Waals surface area contributed by atoms with Crippen LogP contribution in [0.4, 0.5) is 0 Å². The minimum atomic E-state index is -0.195. The summed E-state index contributed by atoms with van der Waals surface area (Å²) in [7, 11) is 0. The first-order valence-corrected chi connectivity index (χ1v) is 5.75. The molecule has 0 spiro atoms. The highest BCUT2D eigenvalue weighted by Gasteiger charge is 2.28. The van der Waals surface area contributed by atoms with Gasteiger partial charge >= 0.3 is 5.97 Å². The molecule has 1 atom stereocenters. The van der Waals surface area contributed by atoms with Crippen LogP contribution in [0.3, 0.4) is 0 Å². The average Bonchev–Trinajstić information content (AvgIpc) is 2.65. The van der Waals surface area contributed by atoms with Gasteiger partial charge in [0, 0.05) is 16.8 Å². The summed E-state index contributed by atoms with van der Waals surface area (Å²) in [5, 5.41) is 3.33. The third kappa shape index (κ3) is 1.72. The van der Waals surface area contributed by atoms with E-state index in [1.165, 1.54) is 0 Å². The zero-order chi connectivity index (χ0) is 9.97. The third-order valence-corrected chi connectivity index (χ3v) is 3.42. The lowest BCUT2D eigenvalue weighted by molar-refractivity contribution is -0.138. The average molecular weight is 211 g/mol. The molecule has 3 nitrogen and oxygen atoms in total. The van der Waals surface area contributed by atoms with Gasteiger partial charge in [-0.25, -0.2) is 4.79 Å². The highest BCUT2D eigenvalue weighted by Crippen LogP contribution is 2.34. The first kappa shape index (κ1) is 9.80. The normalized spacial score (nSPS) is 25.1. The fourth-order valence-corrected chi connectivity index (χ4v) is 2.78. The summed E-state index contributed by atoms with van der Waals surface area (Å²) in [5.74, 6) is 0.699. The summed E-state index contributed by atoms with van der Waals surface area (Å²) in [5.41, 5.74) is 0.734. The van der Waals surface area contributed by atoms with E-state index < -0.39 is 0 Å². The summed E-state index contributed by atoms with van der Waals surface area (Å²) in [6.45, 7) is 2.26. The Morgan fingerprint density at radius 2 is 2.64 bits per heavy atom. The Morgan fingerprint density at radius 3 is 3.43 bits per heavy atom. The molecule has 0 aromatic heterocycles. The molecule has 0 bridgehead atoms. The van der Waals surface area contributed by atoms with Gasteiger partial charge in [-0.2, -0.15) is 0 Å². The molecule has 1 saturated heterocycles. The van der Waals surface area contributed by atoms with E-state index in [0.29, 0.717) is 12.6 Å². The first-order chi connectivity index (χ1) is 6.83. The molecule has 0 aromatic carbocycles. The van der Waals surface area contributed by atoms with Crippen molar-refractivity contribution < 1.29 is 9.53 Å². The molecule has 2 rings (SSSR count). The van der Waals surface area contributed by atoms with Crippen LogP contribution in [0.25, 0.3) is 0 Å². The van der Waals surface area contributed by atoms with E-state index in [4.69, 9.17) is 4.74 Å². The van der Waals surface area contributed by atoms with Crippen molar-refractivity contribution in [2.24, 2.45) is 0 Å². The van der Waals surface area contributed by atoms with Gasteiger partial charge in [0.25, 0.3) is 0 Å². The summed E-state index contributed by atoms with van der Waals surface area (Å²) in [4.78, 5) is 12.7. The van der Waals surface area contributed by atoms with Crippen LogP contribution in [0.5, 0.6) is 0 Å². The Labute approximate surface area is 87.6 Å². The maximum Gasteiger partial charge on any atom is 0.338 e. The van der Waals surface area contributed by atoms with Crippen molar-refractivity contribution in [3.63, 3.8) is 0 Å². The molecule has 1 N–H and O–H groups in total. The molecule has 14 heavy (non-hydrogen) atoms. The second-order valence-corrected chi connectivity index (χ2v) is 4.20. The highest BCUT2D eigenvalue weighted by molar-refractivity contribution is 8.03. The molecule has 1 heterocycles. The minimum Gasteiger partial charge on any atom is -0.462 e. The zero-order valence-electron chi connectivity index (χ0n) is 8.08. The number of hydrogen-bond acceptors (Lipinski definition) is 4. The Morgan fingerprint density at radius 1 is 1.79 bits per heavy atom. The molecular weight excluding hydrogens is 198 g/mol. The van der Waals surface area contributed by atoms with Crippen molar-refractivity contribution in [2.45, 2.75) is 19.4 Å². The van der Waals surface area contributed by atoms with E-state index in [1.54, 1.807) is 11.8 Å². The Hall–Kier alpha value is -0.740. The molecule has 1 aliphatic heterocycles. The number of thioether (sulfide) groups is 1. The van der Waals surface area contributed by atoms with Crippen LogP contribution in [0.2, 0.25) is 0 Å². The second-order valence-electron chi connectivity index (χ2n) is 3.18. The van der Waals surface area contributed by atoms with Crippen molar-refractivity contribution in [1.82, 2.24) is 5.32 Å². The van der Waals surface area contributed by atoms with E-state index in [1.807, 2.05) is 19.1 Å². The molecule has 1 unspecified atom stereocenters. The molecule has 4 heteroatoms. The summed E-state index contributed by atoms with van der Waals surface area (Å²) in [6, 6.07) is 0.337. The van der Waals surface area contributed by atoms with Gasteiger partial charge < -0.3 is 4.74 Å². The molecular formula is C10H13NO2S. The number of nitrogens with one attached hydrogen (secondary N) is 1. The monoisotopic (exact) mass is 211 g/mol. The molecule has 0 radical (unpaired) electrons. The van der Waals surface area contributed by atoms with E-state index in [9.17, 15) is 4.79 Å². The number of esters is 1. The predicted octanol–water partition coefficient (Wildman–Crippen LogP) is 1.43. The Balaban J connectivity index is 2.22. The predicted molar refractivity (Wildman–Crippen MR) is 56.8 cm³/mol. The van der Waals surface area contributed by atoms with Crippen LogP contribution >= 0.6 is 11.8 Å². The van der Waals surface area contributed by atoms with E-state index >= 15 is 0 Å². The van der Waals surface area contributed by atoms with Crippen molar-refractivity contribution in [3.05, 3.63) is 22.6 Å². The van der Waals surface area contributed by atoms with Crippen molar-refractivity contribution >= 4 is 17.7 Å². The zero-order valence-corrected chi connectivity index (χ0v) is 8.89. The van der Waals surface area contributed by atoms with E-state index in [0.717, 1.165) is 22.8 Å². The number of hydrogen-bond donors (Lipinski definition) is 1. The number of carbonyl (C=O) groups is 1. The lowest BCUT2D eigenvalue weighted by atomic mass is 10.0. The lowest BCUT2D eigenvalue weighted by Crippen LogP contribution is -2.25. The largest absolute Gasteiger partial charge is 0.462 e. The molecule has 1 aliphatic carbocycles. The minimum absolute atomic E-state index is 0.195. The fraction of sp³-hybridized carbons (Fsp3) is 0.500. The van der Waals surface area contributed by atoms with Gasteiger partial charge in [-0.1, -0.05) is 12.2 Å². The molecule has 0 saturated carbocycles. The number of rotatable bonds is 2. The van der Waals surface area contributed by atoms with Crippen molar-refractivity contribution in [3.8, 4) is 0 Å².